The minimum absolute atomic E-state index is 0.0608. The Morgan fingerprint density at radius 3 is 0.597 bits per heavy atom. The fourth-order valence-corrected chi connectivity index (χ4v) is 9.51. The lowest BCUT2D eigenvalue weighted by Gasteiger charge is -2.18. The van der Waals surface area contributed by atoms with Gasteiger partial charge in [-0.15, -0.1) is 0 Å². The molecule has 0 aliphatic carbocycles. The topological polar surface area (TPSA) is 78.9 Å². The highest BCUT2D eigenvalue weighted by atomic mass is 16.6. The van der Waals surface area contributed by atoms with Crippen LogP contribution in [0.3, 0.4) is 0 Å². The van der Waals surface area contributed by atoms with Crippen molar-refractivity contribution in [1.29, 1.82) is 0 Å². The predicted octanol–water partition coefficient (Wildman–Crippen LogP) is 20.3. The molecule has 0 N–H and O–H groups in total. The lowest BCUT2D eigenvalue weighted by molar-refractivity contribution is -0.167. The monoisotopic (exact) mass is 947 g/mol. The van der Waals surface area contributed by atoms with Gasteiger partial charge in [0, 0.05) is 19.3 Å². The summed E-state index contributed by atoms with van der Waals surface area (Å²) >= 11 is 0. The summed E-state index contributed by atoms with van der Waals surface area (Å²) in [7, 11) is 0. The van der Waals surface area contributed by atoms with Crippen LogP contribution in [0, 0.1) is 0 Å². The normalized spacial score (nSPS) is 11.9. The number of hydrogen-bond donors (Lipinski definition) is 0. The first-order valence-corrected chi connectivity index (χ1v) is 30.5. The van der Waals surface area contributed by atoms with Gasteiger partial charge < -0.3 is 14.2 Å². The zero-order chi connectivity index (χ0) is 48.6. The van der Waals surface area contributed by atoms with Crippen molar-refractivity contribution in [1.82, 2.24) is 0 Å². The van der Waals surface area contributed by atoms with Gasteiger partial charge in [0.15, 0.2) is 6.10 Å². The van der Waals surface area contributed by atoms with Crippen LogP contribution in [0.25, 0.3) is 0 Å². The van der Waals surface area contributed by atoms with E-state index in [9.17, 15) is 14.4 Å². The third kappa shape index (κ3) is 55.2. The average molecular weight is 948 g/mol. The number of unbranched alkanes of at least 4 members (excludes halogenated alkanes) is 46. The molecule has 0 saturated heterocycles. The second kappa shape index (κ2) is 57.0. The molecule has 0 bridgehead atoms. The molecule has 398 valence electrons. The molecular weight excluding hydrogens is 829 g/mol. The van der Waals surface area contributed by atoms with Crippen LogP contribution < -0.4 is 0 Å². The van der Waals surface area contributed by atoms with Gasteiger partial charge in [-0.1, -0.05) is 316 Å². The van der Waals surface area contributed by atoms with Crippen molar-refractivity contribution in [2.24, 2.45) is 0 Å². The van der Waals surface area contributed by atoms with Crippen LogP contribution in [-0.2, 0) is 28.6 Å². The van der Waals surface area contributed by atoms with Crippen molar-refractivity contribution >= 4 is 17.9 Å². The van der Waals surface area contributed by atoms with Gasteiger partial charge in [-0.3, -0.25) is 14.4 Å². The first-order chi connectivity index (χ1) is 33.0. The number of hydrogen-bond acceptors (Lipinski definition) is 6. The molecule has 0 rings (SSSR count). The predicted molar refractivity (Wildman–Crippen MR) is 289 cm³/mol. The Balaban J connectivity index is 4.24. The van der Waals surface area contributed by atoms with E-state index in [4.69, 9.17) is 14.2 Å². The summed E-state index contributed by atoms with van der Waals surface area (Å²) in [6.07, 6.45) is 63.9. The summed E-state index contributed by atoms with van der Waals surface area (Å²) in [5.41, 5.74) is 0. The Morgan fingerprint density at radius 1 is 0.239 bits per heavy atom. The number of ether oxygens (including phenoxy) is 3. The summed E-state index contributed by atoms with van der Waals surface area (Å²) in [6.45, 7) is 6.71. The van der Waals surface area contributed by atoms with Crippen molar-refractivity contribution in [3.63, 3.8) is 0 Å². The van der Waals surface area contributed by atoms with Crippen molar-refractivity contribution in [3.05, 3.63) is 0 Å². The van der Waals surface area contributed by atoms with Crippen molar-refractivity contribution in [3.8, 4) is 0 Å². The molecule has 0 aromatic rings. The van der Waals surface area contributed by atoms with Crippen LogP contribution in [0.5, 0.6) is 0 Å². The maximum absolute atomic E-state index is 12.9. The SMILES string of the molecule is CCCCCCCCCCCCCCCCCCCCCCC(=O)OCC(COC(=O)CCCCCCCCCCCCCC)OC(=O)CCCCCCCCCCCCCCCCCCC. The first kappa shape index (κ1) is 65.4. The van der Waals surface area contributed by atoms with Gasteiger partial charge >= 0.3 is 17.9 Å². The summed E-state index contributed by atoms with van der Waals surface area (Å²) in [5, 5.41) is 0. The molecule has 0 heterocycles. The third-order valence-electron chi connectivity index (χ3n) is 14.1. The summed E-state index contributed by atoms with van der Waals surface area (Å²) in [6, 6.07) is 0. The molecule has 0 aliphatic heterocycles. The second-order valence-corrected chi connectivity index (χ2v) is 21.0. The zero-order valence-corrected chi connectivity index (χ0v) is 45.7. The summed E-state index contributed by atoms with van der Waals surface area (Å²) in [4.78, 5) is 38.2. The van der Waals surface area contributed by atoms with Crippen molar-refractivity contribution < 1.29 is 28.6 Å². The molecule has 0 spiro atoms. The maximum atomic E-state index is 12.9. The fourth-order valence-electron chi connectivity index (χ4n) is 9.51. The van der Waals surface area contributed by atoms with E-state index < -0.39 is 6.10 Å². The number of carbonyl (C=O) groups excluding carboxylic acids is 3. The minimum Gasteiger partial charge on any atom is -0.462 e. The number of rotatable bonds is 57. The highest BCUT2D eigenvalue weighted by molar-refractivity contribution is 5.71. The van der Waals surface area contributed by atoms with E-state index in [1.807, 2.05) is 0 Å². The van der Waals surface area contributed by atoms with E-state index in [-0.39, 0.29) is 31.1 Å². The lowest BCUT2D eigenvalue weighted by atomic mass is 10.0. The van der Waals surface area contributed by atoms with Gasteiger partial charge in [0.2, 0.25) is 0 Å². The Morgan fingerprint density at radius 2 is 0.403 bits per heavy atom. The van der Waals surface area contributed by atoms with Gasteiger partial charge in [0.05, 0.1) is 0 Å². The van der Waals surface area contributed by atoms with Gasteiger partial charge in [-0.25, -0.2) is 0 Å². The minimum atomic E-state index is -0.761. The molecule has 6 heteroatoms. The van der Waals surface area contributed by atoms with Crippen LogP contribution in [0.1, 0.15) is 355 Å². The molecule has 0 fully saturated rings. The van der Waals surface area contributed by atoms with Gasteiger partial charge in [-0.05, 0) is 19.3 Å². The summed E-state index contributed by atoms with van der Waals surface area (Å²) in [5.74, 6) is -0.829. The second-order valence-electron chi connectivity index (χ2n) is 21.0. The third-order valence-corrected chi connectivity index (χ3v) is 14.1. The van der Waals surface area contributed by atoms with E-state index in [2.05, 4.69) is 20.8 Å². The van der Waals surface area contributed by atoms with Crippen LogP contribution in [0.2, 0.25) is 0 Å². The van der Waals surface area contributed by atoms with E-state index >= 15 is 0 Å². The molecule has 0 saturated carbocycles. The Labute approximate surface area is 418 Å². The number of carbonyl (C=O) groups is 3. The average Bonchev–Trinajstić information content (AvgIpc) is 3.33. The molecule has 0 aliphatic rings. The molecule has 0 radical (unpaired) electrons. The van der Waals surface area contributed by atoms with Crippen molar-refractivity contribution in [2.75, 3.05) is 13.2 Å². The van der Waals surface area contributed by atoms with Gasteiger partial charge in [0.1, 0.15) is 13.2 Å². The molecule has 1 unspecified atom stereocenters. The zero-order valence-electron chi connectivity index (χ0n) is 45.7. The van der Waals surface area contributed by atoms with Crippen LogP contribution in [0.4, 0.5) is 0 Å². The van der Waals surface area contributed by atoms with E-state index in [0.717, 1.165) is 57.8 Å². The van der Waals surface area contributed by atoms with E-state index in [1.54, 1.807) is 0 Å². The molecule has 0 aromatic carbocycles. The highest BCUT2D eigenvalue weighted by Gasteiger charge is 2.19. The molecule has 0 aromatic heterocycles. The smallest absolute Gasteiger partial charge is 0.306 e. The van der Waals surface area contributed by atoms with Crippen LogP contribution in [0.15, 0.2) is 0 Å². The van der Waals surface area contributed by atoms with Gasteiger partial charge in [0.25, 0.3) is 0 Å². The molecule has 0 amide bonds. The molecule has 67 heavy (non-hydrogen) atoms. The first-order valence-electron chi connectivity index (χ1n) is 30.5. The standard InChI is InChI=1S/C61H118O6/c1-4-7-10-13-16-19-22-25-27-29-30-31-33-34-36-39-42-45-48-51-54-60(63)66-57-58(56-65-59(62)53-50-47-44-41-38-24-21-18-15-12-9-6-3)67-61(64)55-52-49-46-43-40-37-35-32-28-26-23-20-17-14-11-8-5-2/h58H,4-57H2,1-3H3. The fraction of sp³-hybridized carbons (Fsp3) is 0.951. The Kier molecular flexibility index (Phi) is 55.6. The Bertz CT molecular complexity index is 998. The number of esters is 3. The van der Waals surface area contributed by atoms with E-state index in [1.165, 1.54) is 257 Å². The molecule has 1 atom stereocenters. The largest absolute Gasteiger partial charge is 0.462 e. The van der Waals surface area contributed by atoms with E-state index in [0.29, 0.717) is 19.3 Å². The Hall–Kier alpha value is -1.59. The van der Waals surface area contributed by atoms with Gasteiger partial charge in [-0.2, -0.15) is 0 Å². The molecule has 6 nitrogen and oxygen atoms in total. The maximum Gasteiger partial charge on any atom is 0.306 e. The quantitative estimate of drug-likeness (QED) is 0.0343. The van der Waals surface area contributed by atoms with Crippen molar-refractivity contribution in [2.45, 2.75) is 361 Å². The van der Waals surface area contributed by atoms with Crippen LogP contribution in [-0.4, -0.2) is 37.2 Å². The lowest BCUT2D eigenvalue weighted by Crippen LogP contribution is -2.30. The summed E-state index contributed by atoms with van der Waals surface area (Å²) < 4.78 is 16.9. The molecular formula is C61H118O6. The van der Waals surface area contributed by atoms with Crippen LogP contribution >= 0.6 is 0 Å². The highest BCUT2D eigenvalue weighted by Crippen LogP contribution is 2.18.